The van der Waals surface area contributed by atoms with Gasteiger partial charge in [-0.25, -0.2) is 0 Å². The molecule has 1 N–H and O–H groups in total. The largest absolute Gasteiger partial charge is 0.368 e. The SMILES string of the molecule is CCCNCc1ccccc1N(CC)C(C)CN(C)C. The Kier molecular flexibility index (Phi) is 7.63. The Bertz CT molecular complexity index is 376. The zero-order valence-corrected chi connectivity index (χ0v) is 13.8. The van der Waals surface area contributed by atoms with E-state index >= 15 is 0 Å². The van der Waals surface area contributed by atoms with E-state index in [1.165, 1.54) is 17.7 Å². The van der Waals surface area contributed by atoms with Crippen molar-refractivity contribution in [3.05, 3.63) is 29.8 Å². The molecule has 0 aromatic heterocycles. The van der Waals surface area contributed by atoms with Crippen LogP contribution in [0, 0.1) is 0 Å². The molecule has 1 rings (SSSR count). The lowest BCUT2D eigenvalue weighted by atomic mass is 10.1. The van der Waals surface area contributed by atoms with Crippen LogP contribution in [0.15, 0.2) is 24.3 Å². The molecule has 0 amide bonds. The highest BCUT2D eigenvalue weighted by atomic mass is 15.2. The van der Waals surface area contributed by atoms with E-state index in [9.17, 15) is 0 Å². The summed E-state index contributed by atoms with van der Waals surface area (Å²) >= 11 is 0. The van der Waals surface area contributed by atoms with Gasteiger partial charge < -0.3 is 15.1 Å². The number of anilines is 1. The first kappa shape index (κ1) is 17.0. The van der Waals surface area contributed by atoms with Crippen LogP contribution in [0.2, 0.25) is 0 Å². The van der Waals surface area contributed by atoms with Crippen molar-refractivity contribution < 1.29 is 0 Å². The number of rotatable bonds is 9. The highest BCUT2D eigenvalue weighted by Gasteiger charge is 2.16. The molecule has 0 radical (unpaired) electrons. The van der Waals surface area contributed by atoms with Crippen molar-refractivity contribution in [2.75, 3.05) is 38.6 Å². The third kappa shape index (κ3) is 5.14. The molecule has 3 heteroatoms. The molecule has 20 heavy (non-hydrogen) atoms. The fourth-order valence-corrected chi connectivity index (χ4v) is 2.69. The summed E-state index contributed by atoms with van der Waals surface area (Å²) in [6, 6.07) is 9.28. The number of likely N-dealkylation sites (N-methyl/N-ethyl adjacent to an activating group) is 2. The minimum Gasteiger partial charge on any atom is -0.368 e. The van der Waals surface area contributed by atoms with E-state index in [0.717, 1.165) is 26.2 Å². The minimum absolute atomic E-state index is 0.516. The van der Waals surface area contributed by atoms with Crippen molar-refractivity contribution in [2.45, 2.75) is 39.8 Å². The van der Waals surface area contributed by atoms with Gasteiger partial charge in [0.1, 0.15) is 0 Å². The van der Waals surface area contributed by atoms with Gasteiger partial charge in [-0.3, -0.25) is 0 Å². The summed E-state index contributed by atoms with van der Waals surface area (Å²) in [5.74, 6) is 0. The first-order chi connectivity index (χ1) is 9.60. The van der Waals surface area contributed by atoms with Crippen LogP contribution in [-0.4, -0.2) is 44.7 Å². The third-order valence-electron chi connectivity index (χ3n) is 3.55. The molecule has 1 atom stereocenters. The maximum Gasteiger partial charge on any atom is 0.0414 e. The molecular formula is C17H31N3. The Morgan fingerprint density at radius 2 is 1.85 bits per heavy atom. The molecule has 1 unspecified atom stereocenters. The van der Waals surface area contributed by atoms with Crippen LogP contribution in [0.1, 0.15) is 32.8 Å². The second-order valence-electron chi connectivity index (χ2n) is 5.70. The maximum absolute atomic E-state index is 3.51. The number of para-hydroxylation sites is 1. The smallest absolute Gasteiger partial charge is 0.0414 e. The molecule has 0 saturated carbocycles. The standard InChI is InChI=1S/C17H31N3/c1-6-12-18-13-16-10-8-9-11-17(16)20(7-2)15(3)14-19(4)5/h8-11,15,18H,6-7,12-14H2,1-5H3. The Hall–Kier alpha value is -1.06. The van der Waals surface area contributed by atoms with Gasteiger partial charge >= 0.3 is 0 Å². The lowest BCUT2D eigenvalue weighted by molar-refractivity contribution is 0.372. The zero-order chi connectivity index (χ0) is 15.0. The molecule has 0 aliphatic heterocycles. The molecule has 1 aromatic rings. The summed E-state index contributed by atoms with van der Waals surface area (Å²) in [4.78, 5) is 4.76. The Morgan fingerprint density at radius 3 is 2.45 bits per heavy atom. The molecule has 0 saturated heterocycles. The fraction of sp³-hybridized carbons (Fsp3) is 0.647. The third-order valence-corrected chi connectivity index (χ3v) is 3.55. The van der Waals surface area contributed by atoms with Gasteiger partial charge in [-0.2, -0.15) is 0 Å². The van der Waals surface area contributed by atoms with E-state index in [1.807, 2.05) is 0 Å². The summed E-state index contributed by atoms with van der Waals surface area (Å²) in [5, 5.41) is 3.51. The summed E-state index contributed by atoms with van der Waals surface area (Å²) in [7, 11) is 4.28. The average Bonchev–Trinajstić information content (AvgIpc) is 2.40. The number of nitrogens with one attached hydrogen (secondary N) is 1. The van der Waals surface area contributed by atoms with E-state index in [1.54, 1.807) is 0 Å². The Morgan fingerprint density at radius 1 is 1.15 bits per heavy atom. The first-order valence-electron chi connectivity index (χ1n) is 7.80. The van der Waals surface area contributed by atoms with Crippen molar-refractivity contribution in [3.8, 4) is 0 Å². The maximum atomic E-state index is 3.51. The lowest BCUT2D eigenvalue weighted by Gasteiger charge is -2.33. The van der Waals surface area contributed by atoms with Crippen LogP contribution in [0.3, 0.4) is 0 Å². The molecule has 0 aliphatic rings. The van der Waals surface area contributed by atoms with Crippen molar-refractivity contribution in [1.82, 2.24) is 10.2 Å². The highest BCUT2D eigenvalue weighted by Crippen LogP contribution is 2.22. The normalized spacial score (nSPS) is 12.7. The van der Waals surface area contributed by atoms with Gasteiger partial charge in [-0.05, 0) is 52.5 Å². The summed E-state index contributed by atoms with van der Waals surface area (Å²) in [6.07, 6.45) is 1.18. The monoisotopic (exact) mass is 277 g/mol. The topological polar surface area (TPSA) is 18.5 Å². The Balaban J connectivity index is 2.85. The molecule has 0 aliphatic carbocycles. The van der Waals surface area contributed by atoms with E-state index in [4.69, 9.17) is 0 Å². The predicted octanol–water partition coefficient (Wildman–Crippen LogP) is 2.96. The molecule has 0 fully saturated rings. The van der Waals surface area contributed by atoms with Gasteiger partial charge in [-0.15, -0.1) is 0 Å². The zero-order valence-electron chi connectivity index (χ0n) is 13.8. The number of hydrogen-bond donors (Lipinski definition) is 1. The quantitative estimate of drug-likeness (QED) is 0.700. The predicted molar refractivity (Wildman–Crippen MR) is 89.5 cm³/mol. The van der Waals surface area contributed by atoms with Gasteiger partial charge in [0.2, 0.25) is 0 Å². The van der Waals surface area contributed by atoms with Crippen molar-refractivity contribution >= 4 is 5.69 Å². The molecule has 0 heterocycles. The van der Waals surface area contributed by atoms with Crippen LogP contribution < -0.4 is 10.2 Å². The molecule has 0 bridgehead atoms. The lowest BCUT2D eigenvalue weighted by Crippen LogP contribution is -2.40. The molecule has 3 nitrogen and oxygen atoms in total. The van der Waals surface area contributed by atoms with Crippen LogP contribution in [0.25, 0.3) is 0 Å². The summed E-state index contributed by atoms with van der Waals surface area (Å²) in [6.45, 7) is 10.9. The van der Waals surface area contributed by atoms with Gasteiger partial charge in [0, 0.05) is 31.4 Å². The van der Waals surface area contributed by atoms with Crippen LogP contribution in [-0.2, 0) is 6.54 Å². The van der Waals surface area contributed by atoms with Crippen molar-refractivity contribution in [3.63, 3.8) is 0 Å². The van der Waals surface area contributed by atoms with E-state index in [2.05, 4.69) is 74.2 Å². The number of hydrogen-bond acceptors (Lipinski definition) is 3. The minimum atomic E-state index is 0.516. The second kappa shape index (κ2) is 8.98. The summed E-state index contributed by atoms with van der Waals surface area (Å²) < 4.78 is 0. The second-order valence-corrected chi connectivity index (χ2v) is 5.70. The van der Waals surface area contributed by atoms with E-state index in [0.29, 0.717) is 6.04 Å². The highest BCUT2D eigenvalue weighted by molar-refractivity contribution is 5.54. The van der Waals surface area contributed by atoms with E-state index in [-0.39, 0.29) is 0 Å². The van der Waals surface area contributed by atoms with Gasteiger partial charge in [0.15, 0.2) is 0 Å². The number of nitrogens with zero attached hydrogens (tertiary/aromatic N) is 2. The Labute approximate surface area is 125 Å². The van der Waals surface area contributed by atoms with E-state index < -0.39 is 0 Å². The molecule has 1 aromatic carbocycles. The van der Waals surface area contributed by atoms with Gasteiger partial charge in [0.05, 0.1) is 0 Å². The van der Waals surface area contributed by atoms with Crippen LogP contribution >= 0.6 is 0 Å². The molecule has 0 spiro atoms. The first-order valence-corrected chi connectivity index (χ1v) is 7.80. The van der Waals surface area contributed by atoms with Crippen LogP contribution in [0.4, 0.5) is 5.69 Å². The average molecular weight is 277 g/mol. The van der Waals surface area contributed by atoms with Gasteiger partial charge in [0.25, 0.3) is 0 Å². The molecule has 114 valence electrons. The van der Waals surface area contributed by atoms with Crippen LogP contribution in [0.5, 0.6) is 0 Å². The van der Waals surface area contributed by atoms with Crippen molar-refractivity contribution in [2.24, 2.45) is 0 Å². The number of benzene rings is 1. The summed E-state index contributed by atoms with van der Waals surface area (Å²) in [5.41, 5.74) is 2.77. The fourth-order valence-electron chi connectivity index (χ4n) is 2.69. The van der Waals surface area contributed by atoms with Gasteiger partial charge in [-0.1, -0.05) is 25.1 Å². The van der Waals surface area contributed by atoms with Crippen molar-refractivity contribution in [1.29, 1.82) is 0 Å². The molecular weight excluding hydrogens is 246 g/mol.